The molecule has 0 aliphatic carbocycles. The number of hydrogen-bond donors (Lipinski definition) is 2. The van der Waals surface area contributed by atoms with Crippen LogP contribution in [-0.2, 0) is 6.54 Å². The molecule has 7 heteroatoms. The lowest BCUT2D eigenvalue weighted by atomic mass is 10.1. The minimum atomic E-state index is -0.162. The lowest BCUT2D eigenvalue weighted by molar-refractivity contribution is 0.0968. The second kappa shape index (κ2) is 7.01. The fraction of sp³-hybridized carbons (Fsp3) is 0.316. The zero-order chi connectivity index (χ0) is 18.1. The summed E-state index contributed by atoms with van der Waals surface area (Å²) in [4.78, 5) is 25.0. The number of nitrogens with two attached hydrogens (primary N) is 1. The van der Waals surface area contributed by atoms with Crippen LogP contribution in [0.4, 0.5) is 5.69 Å². The number of carbonyl (C=O) groups excluding carboxylic acids is 1. The molecule has 0 spiro atoms. The molecule has 3 aromatic heterocycles. The molecule has 0 aromatic carbocycles. The number of anilines is 1. The summed E-state index contributed by atoms with van der Waals surface area (Å²) in [5.41, 5.74) is 8.76. The van der Waals surface area contributed by atoms with Crippen molar-refractivity contribution in [1.29, 1.82) is 0 Å². The zero-order valence-corrected chi connectivity index (χ0v) is 15.4. The van der Waals surface area contributed by atoms with Crippen molar-refractivity contribution in [3.8, 4) is 0 Å². The fourth-order valence-corrected chi connectivity index (χ4v) is 4.58. The number of fused-ring (bicyclic) bond motifs is 1. The molecule has 0 saturated carbocycles. The molecule has 1 saturated heterocycles. The van der Waals surface area contributed by atoms with Crippen molar-refractivity contribution in [1.82, 2.24) is 20.2 Å². The second-order valence-corrected chi connectivity index (χ2v) is 7.46. The molecule has 0 radical (unpaired) electrons. The summed E-state index contributed by atoms with van der Waals surface area (Å²) in [6.07, 6.45) is 4.06. The monoisotopic (exact) mass is 367 g/mol. The third-order valence-electron chi connectivity index (χ3n) is 4.84. The van der Waals surface area contributed by atoms with Gasteiger partial charge in [0.25, 0.3) is 5.91 Å². The number of rotatable bonds is 4. The fourth-order valence-electron chi connectivity index (χ4n) is 3.53. The SMILES string of the molecule is CNC(=O)c1sc2nc(C3CCCN3Cc3ccccn3)ccc2c1N. The van der Waals surface area contributed by atoms with Crippen LogP contribution in [0.15, 0.2) is 36.5 Å². The van der Waals surface area contributed by atoms with Crippen LogP contribution >= 0.6 is 11.3 Å². The van der Waals surface area contributed by atoms with Crippen molar-refractivity contribution in [2.75, 3.05) is 19.3 Å². The lowest BCUT2D eigenvalue weighted by Gasteiger charge is -2.23. The van der Waals surface area contributed by atoms with Crippen LogP contribution in [0.2, 0.25) is 0 Å². The first-order chi connectivity index (χ1) is 12.7. The minimum Gasteiger partial charge on any atom is -0.397 e. The van der Waals surface area contributed by atoms with Crippen LogP contribution < -0.4 is 11.1 Å². The van der Waals surface area contributed by atoms with Gasteiger partial charge in [-0.15, -0.1) is 11.3 Å². The first-order valence-corrected chi connectivity index (χ1v) is 9.54. The van der Waals surface area contributed by atoms with Gasteiger partial charge in [-0.25, -0.2) is 4.98 Å². The molecule has 26 heavy (non-hydrogen) atoms. The molecule has 1 amide bonds. The number of amides is 1. The number of aromatic nitrogens is 2. The van der Waals surface area contributed by atoms with E-state index in [0.29, 0.717) is 10.6 Å². The molecule has 1 unspecified atom stereocenters. The molecular weight excluding hydrogens is 346 g/mol. The van der Waals surface area contributed by atoms with E-state index in [2.05, 4.69) is 21.3 Å². The Balaban J connectivity index is 1.64. The normalized spacial score (nSPS) is 17.7. The molecule has 1 atom stereocenters. The highest BCUT2D eigenvalue weighted by Crippen LogP contribution is 2.36. The number of thiophene rings is 1. The first-order valence-electron chi connectivity index (χ1n) is 8.72. The van der Waals surface area contributed by atoms with Crippen molar-refractivity contribution >= 4 is 33.1 Å². The van der Waals surface area contributed by atoms with Crippen LogP contribution in [0.1, 0.15) is 39.9 Å². The van der Waals surface area contributed by atoms with Gasteiger partial charge in [-0.3, -0.25) is 14.7 Å². The molecule has 4 rings (SSSR count). The van der Waals surface area contributed by atoms with Crippen molar-refractivity contribution in [2.45, 2.75) is 25.4 Å². The predicted molar refractivity (Wildman–Crippen MR) is 104 cm³/mol. The molecule has 3 N–H and O–H groups in total. The van der Waals surface area contributed by atoms with E-state index in [1.807, 2.05) is 30.5 Å². The van der Waals surface area contributed by atoms with Crippen LogP contribution in [0, 0.1) is 0 Å². The molecule has 134 valence electrons. The average molecular weight is 367 g/mol. The van der Waals surface area contributed by atoms with E-state index in [0.717, 1.165) is 47.5 Å². The summed E-state index contributed by atoms with van der Waals surface area (Å²) >= 11 is 1.36. The van der Waals surface area contributed by atoms with Gasteiger partial charge in [-0.2, -0.15) is 0 Å². The van der Waals surface area contributed by atoms with E-state index >= 15 is 0 Å². The van der Waals surface area contributed by atoms with E-state index in [-0.39, 0.29) is 11.9 Å². The van der Waals surface area contributed by atoms with Crippen LogP contribution in [0.5, 0.6) is 0 Å². The second-order valence-electron chi connectivity index (χ2n) is 6.46. The third-order valence-corrected chi connectivity index (χ3v) is 5.96. The number of nitrogen functional groups attached to an aromatic ring is 1. The predicted octanol–water partition coefficient (Wildman–Crippen LogP) is 2.97. The number of nitrogens with zero attached hydrogens (tertiary/aromatic N) is 3. The van der Waals surface area contributed by atoms with Crippen molar-refractivity contribution < 1.29 is 4.79 Å². The summed E-state index contributed by atoms with van der Waals surface area (Å²) in [6, 6.07) is 10.3. The Hall–Kier alpha value is -2.51. The standard InChI is InChI=1S/C19H21N5OS/c1-21-18(25)17-16(20)13-7-8-14(23-19(13)26-17)15-6-4-10-24(15)11-12-5-2-3-9-22-12/h2-3,5,7-9,15H,4,6,10-11,20H2,1H3,(H,21,25). The van der Waals surface area contributed by atoms with Gasteiger partial charge in [-0.05, 0) is 43.7 Å². The molecule has 4 heterocycles. The zero-order valence-electron chi connectivity index (χ0n) is 14.6. The van der Waals surface area contributed by atoms with Gasteiger partial charge in [-0.1, -0.05) is 6.07 Å². The van der Waals surface area contributed by atoms with Crippen molar-refractivity contribution in [3.63, 3.8) is 0 Å². The van der Waals surface area contributed by atoms with Gasteiger partial charge in [0.2, 0.25) is 0 Å². The molecule has 1 aliphatic heterocycles. The summed E-state index contributed by atoms with van der Waals surface area (Å²) in [6.45, 7) is 1.86. The molecular formula is C19H21N5OS. The topological polar surface area (TPSA) is 84.1 Å². The van der Waals surface area contributed by atoms with E-state index in [9.17, 15) is 4.79 Å². The molecule has 1 fully saturated rings. The van der Waals surface area contributed by atoms with Crippen LogP contribution in [-0.4, -0.2) is 34.4 Å². The highest BCUT2D eigenvalue weighted by atomic mass is 32.1. The number of nitrogens with one attached hydrogen (secondary N) is 1. The third kappa shape index (κ3) is 3.04. The summed E-state index contributed by atoms with van der Waals surface area (Å²) < 4.78 is 0. The molecule has 0 bridgehead atoms. The summed E-state index contributed by atoms with van der Waals surface area (Å²) in [5.74, 6) is -0.162. The Kier molecular flexibility index (Phi) is 4.57. The quantitative estimate of drug-likeness (QED) is 0.741. The van der Waals surface area contributed by atoms with Crippen molar-refractivity contribution in [2.24, 2.45) is 0 Å². The Morgan fingerprint density at radius 1 is 1.38 bits per heavy atom. The Morgan fingerprint density at radius 2 is 2.27 bits per heavy atom. The van der Waals surface area contributed by atoms with E-state index in [4.69, 9.17) is 10.7 Å². The number of carbonyl (C=O) groups is 1. The molecule has 1 aliphatic rings. The number of hydrogen-bond acceptors (Lipinski definition) is 6. The highest BCUT2D eigenvalue weighted by molar-refractivity contribution is 7.21. The Bertz CT molecular complexity index is 940. The van der Waals surface area contributed by atoms with Crippen LogP contribution in [0.3, 0.4) is 0 Å². The summed E-state index contributed by atoms with van der Waals surface area (Å²) in [7, 11) is 1.61. The maximum Gasteiger partial charge on any atom is 0.263 e. The van der Waals surface area contributed by atoms with Gasteiger partial charge in [0, 0.05) is 25.2 Å². The van der Waals surface area contributed by atoms with Gasteiger partial charge >= 0.3 is 0 Å². The van der Waals surface area contributed by atoms with E-state index < -0.39 is 0 Å². The molecule has 3 aromatic rings. The number of pyridine rings is 2. The largest absolute Gasteiger partial charge is 0.397 e. The van der Waals surface area contributed by atoms with Gasteiger partial charge in [0.1, 0.15) is 9.71 Å². The van der Waals surface area contributed by atoms with Crippen LogP contribution in [0.25, 0.3) is 10.2 Å². The Morgan fingerprint density at radius 3 is 3.04 bits per heavy atom. The Labute approximate surface area is 156 Å². The lowest BCUT2D eigenvalue weighted by Crippen LogP contribution is -2.23. The van der Waals surface area contributed by atoms with E-state index in [1.165, 1.54) is 11.3 Å². The van der Waals surface area contributed by atoms with E-state index in [1.54, 1.807) is 7.05 Å². The van der Waals surface area contributed by atoms with Gasteiger partial charge in [0.15, 0.2) is 0 Å². The van der Waals surface area contributed by atoms with Gasteiger partial charge in [0.05, 0.1) is 23.1 Å². The highest BCUT2D eigenvalue weighted by Gasteiger charge is 2.28. The first kappa shape index (κ1) is 16.9. The van der Waals surface area contributed by atoms with Gasteiger partial charge < -0.3 is 11.1 Å². The maximum atomic E-state index is 12.0. The molecule has 6 nitrogen and oxygen atoms in total. The smallest absolute Gasteiger partial charge is 0.263 e. The maximum absolute atomic E-state index is 12.0. The summed E-state index contributed by atoms with van der Waals surface area (Å²) in [5, 5.41) is 3.49. The average Bonchev–Trinajstić information content (AvgIpc) is 3.26. The van der Waals surface area contributed by atoms with Crippen molar-refractivity contribution in [3.05, 3.63) is 52.8 Å². The minimum absolute atomic E-state index is 0.162. The number of likely N-dealkylation sites (tertiary alicyclic amines) is 1.